The lowest BCUT2D eigenvalue weighted by Gasteiger charge is -2.30. The van der Waals surface area contributed by atoms with Crippen LogP contribution in [0.4, 0.5) is 10.1 Å². The van der Waals surface area contributed by atoms with Crippen LogP contribution in [0.25, 0.3) is 16.8 Å². The Kier molecular flexibility index (Phi) is 6.88. The Morgan fingerprint density at radius 3 is 2.42 bits per heavy atom. The molecule has 0 radical (unpaired) electrons. The molecule has 1 aromatic heterocycles. The van der Waals surface area contributed by atoms with E-state index in [0.29, 0.717) is 27.9 Å². The molecule has 0 amide bonds. The van der Waals surface area contributed by atoms with Crippen LogP contribution in [0.5, 0.6) is 17.2 Å². The highest BCUT2D eigenvalue weighted by molar-refractivity contribution is 6.30. The smallest absolute Gasteiger partial charge is 0.316 e. The summed E-state index contributed by atoms with van der Waals surface area (Å²) in [5, 5.41) is 8.29. The Balaban J connectivity index is 1.52. The fourth-order valence-corrected chi connectivity index (χ4v) is 4.27. The van der Waals surface area contributed by atoms with Crippen LogP contribution in [0, 0.1) is 5.82 Å². The van der Waals surface area contributed by atoms with E-state index in [1.807, 2.05) is 12.1 Å². The molecule has 0 atom stereocenters. The second-order valence-corrected chi connectivity index (χ2v) is 8.70. The summed E-state index contributed by atoms with van der Waals surface area (Å²) in [5.74, 6) is 0.742. The molecule has 0 aliphatic carbocycles. The zero-order valence-corrected chi connectivity index (χ0v) is 20.3. The maximum Gasteiger partial charge on any atom is 0.316 e. The molecule has 5 rings (SSSR count). The third-order valence-electron chi connectivity index (χ3n) is 5.99. The maximum atomic E-state index is 13.6. The second kappa shape index (κ2) is 10.4. The van der Waals surface area contributed by atoms with E-state index in [9.17, 15) is 9.18 Å². The van der Waals surface area contributed by atoms with Crippen molar-refractivity contribution in [1.82, 2.24) is 15.1 Å². The number of aromatic nitrogens is 2. The third-order valence-corrected chi connectivity index (χ3v) is 6.24. The quantitative estimate of drug-likeness (QED) is 0.401. The molecule has 36 heavy (non-hydrogen) atoms. The summed E-state index contributed by atoms with van der Waals surface area (Å²) in [5.41, 5.74) is 2.42. The minimum atomic E-state index is -0.377. The van der Waals surface area contributed by atoms with Gasteiger partial charge in [0.2, 0.25) is 5.75 Å². The molecule has 0 saturated carbocycles. The van der Waals surface area contributed by atoms with Crippen LogP contribution < -0.4 is 25.2 Å². The molecular formula is C27H24ClFN4O3. The van der Waals surface area contributed by atoms with Crippen molar-refractivity contribution in [3.05, 3.63) is 94.1 Å². The predicted molar refractivity (Wildman–Crippen MR) is 138 cm³/mol. The number of methoxy groups -OCH3 is 1. The minimum absolute atomic E-state index is 0.189. The van der Waals surface area contributed by atoms with Crippen molar-refractivity contribution in [1.29, 1.82) is 0 Å². The van der Waals surface area contributed by atoms with Crippen molar-refractivity contribution >= 4 is 17.3 Å². The molecule has 1 saturated heterocycles. The van der Waals surface area contributed by atoms with Gasteiger partial charge in [0.25, 0.3) is 0 Å². The van der Waals surface area contributed by atoms with Crippen molar-refractivity contribution in [2.75, 3.05) is 38.2 Å². The predicted octanol–water partition coefficient (Wildman–Crippen LogP) is 4.90. The lowest BCUT2D eigenvalue weighted by atomic mass is 10.0. The van der Waals surface area contributed by atoms with Gasteiger partial charge in [0, 0.05) is 42.8 Å². The lowest BCUT2D eigenvalue weighted by molar-refractivity contribution is 0.413. The average Bonchev–Trinajstić information content (AvgIpc) is 2.91. The first kappa shape index (κ1) is 23.8. The number of anilines is 1. The molecule has 3 aromatic carbocycles. The summed E-state index contributed by atoms with van der Waals surface area (Å²) in [6.45, 7) is 3.05. The SMILES string of the molecule is COc1cc(F)ccc1-c1ccc(Oc2c(N3CCNCC3)cnn(-c3ccc(Cl)cc3)c2=O)cc1. The summed E-state index contributed by atoms with van der Waals surface area (Å²) in [7, 11) is 1.50. The summed E-state index contributed by atoms with van der Waals surface area (Å²) in [6.07, 6.45) is 1.66. The van der Waals surface area contributed by atoms with Crippen LogP contribution in [0.15, 0.2) is 77.7 Å². The van der Waals surface area contributed by atoms with Crippen LogP contribution in [-0.2, 0) is 0 Å². The van der Waals surface area contributed by atoms with Crippen LogP contribution in [-0.4, -0.2) is 43.1 Å². The fraction of sp³-hybridized carbons (Fsp3) is 0.185. The van der Waals surface area contributed by atoms with Gasteiger partial charge in [-0.15, -0.1) is 0 Å². The van der Waals surface area contributed by atoms with Crippen molar-refractivity contribution < 1.29 is 13.9 Å². The molecule has 184 valence electrons. The van der Waals surface area contributed by atoms with E-state index in [0.717, 1.165) is 37.3 Å². The molecule has 9 heteroatoms. The topological polar surface area (TPSA) is 68.6 Å². The molecule has 4 aromatic rings. The van der Waals surface area contributed by atoms with Gasteiger partial charge in [-0.25, -0.2) is 4.39 Å². The van der Waals surface area contributed by atoms with E-state index >= 15 is 0 Å². The number of rotatable bonds is 6. The van der Waals surface area contributed by atoms with E-state index in [4.69, 9.17) is 21.1 Å². The summed E-state index contributed by atoms with van der Waals surface area (Å²) in [4.78, 5) is 15.7. The van der Waals surface area contributed by atoms with Gasteiger partial charge in [0.05, 0.1) is 19.0 Å². The molecule has 0 unspecified atom stereocenters. The van der Waals surface area contributed by atoms with Gasteiger partial charge in [0.15, 0.2) is 0 Å². The zero-order valence-electron chi connectivity index (χ0n) is 19.6. The van der Waals surface area contributed by atoms with Gasteiger partial charge >= 0.3 is 5.56 Å². The van der Waals surface area contributed by atoms with E-state index in [1.54, 1.807) is 48.7 Å². The highest BCUT2D eigenvalue weighted by Gasteiger charge is 2.21. The highest BCUT2D eigenvalue weighted by atomic mass is 35.5. The van der Waals surface area contributed by atoms with E-state index in [2.05, 4.69) is 15.3 Å². The number of hydrogen-bond acceptors (Lipinski definition) is 6. The standard InChI is InChI=1S/C27H24ClFN4O3/c1-35-25-16-20(29)6-11-23(25)18-2-9-22(10-3-18)36-26-24(32-14-12-30-13-15-32)17-31-33(27(26)34)21-7-4-19(28)5-8-21/h2-11,16-17,30H,12-15H2,1H3. The second-order valence-electron chi connectivity index (χ2n) is 8.26. The van der Waals surface area contributed by atoms with Gasteiger partial charge in [-0.05, 0) is 54.1 Å². The molecule has 2 heterocycles. The van der Waals surface area contributed by atoms with E-state index in [1.165, 1.54) is 23.9 Å². The number of nitrogens with zero attached hydrogens (tertiary/aromatic N) is 3. The van der Waals surface area contributed by atoms with Gasteiger partial charge in [-0.1, -0.05) is 23.7 Å². The Labute approximate surface area is 212 Å². The van der Waals surface area contributed by atoms with Crippen molar-refractivity contribution in [2.45, 2.75) is 0 Å². The van der Waals surface area contributed by atoms with Gasteiger partial charge in [-0.3, -0.25) is 4.79 Å². The number of ether oxygens (including phenoxy) is 2. The number of hydrogen-bond donors (Lipinski definition) is 1. The normalized spacial score (nSPS) is 13.5. The average molecular weight is 507 g/mol. The fourth-order valence-electron chi connectivity index (χ4n) is 4.15. The number of piperazine rings is 1. The molecule has 1 aliphatic heterocycles. The Bertz CT molecular complexity index is 1420. The van der Waals surface area contributed by atoms with Crippen molar-refractivity contribution in [2.24, 2.45) is 0 Å². The Morgan fingerprint density at radius 1 is 1.00 bits per heavy atom. The highest BCUT2D eigenvalue weighted by Crippen LogP contribution is 2.34. The Morgan fingerprint density at radius 2 is 1.72 bits per heavy atom. The van der Waals surface area contributed by atoms with Crippen molar-refractivity contribution in [3.63, 3.8) is 0 Å². The number of nitrogens with one attached hydrogen (secondary N) is 1. The maximum absolute atomic E-state index is 13.6. The van der Waals surface area contributed by atoms with Crippen LogP contribution in [0.2, 0.25) is 5.02 Å². The van der Waals surface area contributed by atoms with E-state index in [-0.39, 0.29) is 17.1 Å². The summed E-state index contributed by atoms with van der Waals surface area (Å²) in [6, 6.07) is 18.5. The van der Waals surface area contributed by atoms with Gasteiger partial charge in [0.1, 0.15) is 23.0 Å². The van der Waals surface area contributed by atoms with Crippen LogP contribution in [0.1, 0.15) is 0 Å². The molecule has 1 N–H and O–H groups in total. The van der Waals surface area contributed by atoms with Crippen LogP contribution in [0.3, 0.4) is 0 Å². The first-order valence-corrected chi connectivity index (χ1v) is 11.9. The first-order chi connectivity index (χ1) is 17.5. The molecular weight excluding hydrogens is 483 g/mol. The van der Waals surface area contributed by atoms with Gasteiger partial charge < -0.3 is 19.7 Å². The molecule has 1 aliphatic rings. The monoisotopic (exact) mass is 506 g/mol. The molecule has 0 spiro atoms. The van der Waals surface area contributed by atoms with E-state index < -0.39 is 0 Å². The summed E-state index contributed by atoms with van der Waals surface area (Å²) < 4.78 is 26.4. The van der Waals surface area contributed by atoms with Crippen LogP contribution >= 0.6 is 11.6 Å². The van der Waals surface area contributed by atoms with Gasteiger partial charge in [-0.2, -0.15) is 9.78 Å². The largest absolute Gasteiger partial charge is 0.496 e. The Hall–Kier alpha value is -3.88. The summed E-state index contributed by atoms with van der Waals surface area (Å²) >= 11 is 6.02. The number of benzene rings is 3. The minimum Gasteiger partial charge on any atom is -0.496 e. The lowest BCUT2D eigenvalue weighted by Crippen LogP contribution is -2.44. The van der Waals surface area contributed by atoms with Crippen molar-refractivity contribution in [3.8, 4) is 34.1 Å². The molecule has 0 bridgehead atoms. The zero-order chi connectivity index (χ0) is 25.1. The molecule has 1 fully saturated rings. The first-order valence-electron chi connectivity index (χ1n) is 11.5. The number of halogens is 2. The third kappa shape index (κ3) is 4.91. The molecule has 7 nitrogen and oxygen atoms in total.